The topological polar surface area (TPSA) is 59.2 Å². The van der Waals surface area contributed by atoms with Crippen LogP contribution >= 0.6 is 0 Å². The van der Waals surface area contributed by atoms with E-state index in [1.54, 1.807) is 0 Å². The summed E-state index contributed by atoms with van der Waals surface area (Å²) in [6, 6.07) is 7.88. The average Bonchev–Trinajstić information content (AvgIpc) is 3.01. The monoisotopic (exact) mass is 299 g/mol. The Morgan fingerprint density at radius 1 is 1.36 bits per heavy atom. The lowest BCUT2D eigenvalue weighted by molar-refractivity contribution is 0.0695. The first-order valence-corrected chi connectivity index (χ1v) is 7.85. The summed E-state index contributed by atoms with van der Waals surface area (Å²) in [6.07, 6.45) is 2.93. The van der Waals surface area contributed by atoms with Crippen molar-refractivity contribution in [1.29, 1.82) is 0 Å². The molecule has 116 valence electrons. The molecule has 0 spiro atoms. The van der Waals surface area contributed by atoms with Crippen molar-refractivity contribution in [2.45, 2.75) is 39.0 Å². The van der Waals surface area contributed by atoms with Crippen molar-refractivity contribution in [3.05, 3.63) is 47.1 Å². The van der Waals surface area contributed by atoms with Gasteiger partial charge in [-0.2, -0.15) is 4.98 Å². The predicted octanol–water partition coefficient (Wildman–Crippen LogP) is 2.96. The first-order chi connectivity index (χ1) is 10.7. The zero-order chi connectivity index (χ0) is 15.5. The van der Waals surface area contributed by atoms with E-state index in [0.29, 0.717) is 18.3 Å². The highest BCUT2D eigenvalue weighted by Crippen LogP contribution is 2.26. The minimum absolute atomic E-state index is 0.0867. The van der Waals surface area contributed by atoms with Gasteiger partial charge in [0.25, 0.3) is 5.91 Å². The number of carbonyl (C=O) groups excluding carboxylic acids is 1. The van der Waals surface area contributed by atoms with Gasteiger partial charge in [-0.05, 0) is 43.9 Å². The predicted molar refractivity (Wildman–Crippen MR) is 82.7 cm³/mol. The number of likely N-dealkylation sites (tertiary alicyclic amines) is 1. The van der Waals surface area contributed by atoms with Gasteiger partial charge in [-0.25, -0.2) is 0 Å². The molecule has 1 unspecified atom stereocenters. The van der Waals surface area contributed by atoms with Crippen molar-refractivity contribution in [1.82, 2.24) is 15.0 Å². The third kappa shape index (κ3) is 3.03. The molecule has 5 heteroatoms. The number of nitrogens with zero attached hydrogens (tertiary/aromatic N) is 3. The van der Waals surface area contributed by atoms with E-state index >= 15 is 0 Å². The van der Waals surface area contributed by atoms with E-state index < -0.39 is 0 Å². The molecular formula is C17H21N3O2. The van der Waals surface area contributed by atoms with Gasteiger partial charge >= 0.3 is 0 Å². The molecule has 1 amide bonds. The van der Waals surface area contributed by atoms with E-state index in [0.717, 1.165) is 31.4 Å². The van der Waals surface area contributed by atoms with Crippen LogP contribution < -0.4 is 0 Å². The van der Waals surface area contributed by atoms with Gasteiger partial charge in [-0.3, -0.25) is 4.79 Å². The number of piperidine rings is 1. The molecule has 1 aliphatic rings. The lowest BCUT2D eigenvalue weighted by Gasteiger charge is -2.31. The van der Waals surface area contributed by atoms with Crippen LogP contribution in [0.25, 0.3) is 0 Å². The van der Waals surface area contributed by atoms with Crippen molar-refractivity contribution >= 4 is 5.91 Å². The van der Waals surface area contributed by atoms with Crippen LogP contribution in [0.15, 0.2) is 28.8 Å². The molecule has 1 aromatic carbocycles. The summed E-state index contributed by atoms with van der Waals surface area (Å²) in [5, 5.41) is 3.85. The number of carbonyl (C=O) groups is 1. The standard InChI is InChI=1S/C17H21N3O2/c1-3-13-6-8-14(9-7-13)17(21)20-10-4-5-15(11-20)16-18-12(2)19-22-16/h6-9,15H,3-5,10-11H2,1-2H3. The van der Waals surface area contributed by atoms with Crippen LogP contribution in [-0.4, -0.2) is 34.0 Å². The normalized spacial score (nSPS) is 18.5. The highest BCUT2D eigenvalue weighted by atomic mass is 16.5. The largest absolute Gasteiger partial charge is 0.339 e. The molecule has 1 saturated heterocycles. The first kappa shape index (κ1) is 14.8. The second-order valence-corrected chi connectivity index (χ2v) is 5.82. The fourth-order valence-corrected chi connectivity index (χ4v) is 2.91. The summed E-state index contributed by atoms with van der Waals surface area (Å²) < 4.78 is 5.27. The number of hydrogen-bond acceptors (Lipinski definition) is 4. The number of aromatic nitrogens is 2. The van der Waals surface area contributed by atoms with E-state index in [1.165, 1.54) is 5.56 Å². The molecule has 1 aliphatic heterocycles. The van der Waals surface area contributed by atoms with Gasteiger partial charge in [-0.15, -0.1) is 0 Å². The van der Waals surface area contributed by atoms with Crippen LogP contribution in [-0.2, 0) is 6.42 Å². The minimum atomic E-state index is 0.0867. The van der Waals surface area contributed by atoms with Crippen molar-refractivity contribution in [2.24, 2.45) is 0 Å². The molecule has 0 N–H and O–H groups in total. The Hall–Kier alpha value is -2.17. The second kappa shape index (κ2) is 6.30. The van der Waals surface area contributed by atoms with Crippen LogP contribution in [0.2, 0.25) is 0 Å². The lowest BCUT2D eigenvalue weighted by atomic mass is 9.97. The highest BCUT2D eigenvalue weighted by Gasteiger charge is 2.28. The molecule has 22 heavy (non-hydrogen) atoms. The van der Waals surface area contributed by atoms with E-state index in [9.17, 15) is 4.79 Å². The Morgan fingerprint density at radius 2 is 2.14 bits per heavy atom. The van der Waals surface area contributed by atoms with E-state index in [-0.39, 0.29) is 11.8 Å². The van der Waals surface area contributed by atoms with E-state index in [4.69, 9.17) is 4.52 Å². The highest BCUT2D eigenvalue weighted by molar-refractivity contribution is 5.94. The van der Waals surface area contributed by atoms with Crippen molar-refractivity contribution in [3.63, 3.8) is 0 Å². The molecule has 1 fully saturated rings. The number of benzene rings is 1. The quantitative estimate of drug-likeness (QED) is 0.874. The van der Waals surface area contributed by atoms with Crippen molar-refractivity contribution < 1.29 is 9.32 Å². The first-order valence-electron chi connectivity index (χ1n) is 7.85. The van der Waals surface area contributed by atoms with Crippen LogP contribution in [0.4, 0.5) is 0 Å². The van der Waals surface area contributed by atoms with E-state index in [1.807, 2.05) is 36.1 Å². The van der Waals surface area contributed by atoms with Crippen molar-refractivity contribution in [3.8, 4) is 0 Å². The maximum atomic E-state index is 12.6. The molecular weight excluding hydrogens is 278 g/mol. The molecule has 5 nitrogen and oxygen atoms in total. The Balaban J connectivity index is 1.71. The SMILES string of the molecule is CCc1ccc(C(=O)N2CCCC(c3nc(C)no3)C2)cc1. The third-order valence-corrected chi connectivity index (χ3v) is 4.21. The third-order valence-electron chi connectivity index (χ3n) is 4.21. The van der Waals surface area contributed by atoms with Crippen LogP contribution in [0, 0.1) is 6.92 Å². The van der Waals surface area contributed by atoms with Crippen LogP contribution in [0.1, 0.15) is 53.3 Å². The van der Waals surface area contributed by atoms with Crippen molar-refractivity contribution in [2.75, 3.05) is 13.1 Å². The summed E-state index contributed by atoms with van der Waals surface area (Å²) in [5.41, 5.74) is 1.99. The molecule has 1 atom stereocenters. The summed E-state index contributed by atoms with van der Waals surface area (Å²) in [5.74, 6) is 1.53. The summed E-state index contributed by atoms with van der Waals surface area (Å²) in [6.45, 7) is 5.36. The zero-order valence-electron chi connectivity index (χ0n) is 13.1. The van der Waals surface area contributed by atoms with Gasteiger partial charge < -0.3 is 9.42 Å². The van der Waals surface area contributed by atoms with Gasteiger partial charge in [0.15, 0.2) is 5.82 Å². The molecule has 0 bridgehead atoms. The Morgan fingerprint density at radius 3 is 2.77 bits per heavy atom. The Labute approximate surface area is 130 Å². The van der Waals surface area contributed by atoms with Crippen LogP contribution in [0.5, 0.6) is 0 Å². The summed E-state index contributed by atoms with van der Waals surface area (Å²) in [7, 11) is 0. The zero-order valence-corrected chi connectivity index (χ0v) is 13.1. The van der Waals surface area contributed by atoms with Gasteiger partial charge in [0.1, 0.15) is 0 Å². The van der Waals surface area contributed by atoms with Gasteiger partial charge in [0.2, 0.25) is 5.89 Å². The fourth-order valence-electron chi connectivity index (χ4n) is 2.91. The molecule has 2 aromatic rings. The molecule has 0 saturated carbocycles. The smallest absolute Gasteiger partial charge is 0.253 e. The Bertz CT molecular complexity index is 648. The molecule has 3 rings (SSSR count). The Kier molecular flexibility index (Phi) is 4.22. The molecule has 1 aromatic heterocycles. The number of aryl methyl sites for hydroxylation is 2. The minimum Gasteiger partial charge on any atom is -0.339 e. The number of rotatable bonds is 3. The number of hydrogen-bond donors (Lipinski definition) is 0. The maximum absolute atomic E-state index is 12.6. The van der Waals surface area contributed by atoms with Crippen LogP contribution in [0.3, 0.4) is 0 Å². The fraction of sp³-hybridized carbons (Fsp3) is 0.471. The van der Waals surface area contributed by atoms with Gasteiger partial charge in [-0.1, -0.05) is 24.2 Å². The molecule has 0 radical (unpaired) electrons. The van der Waals surface area contributed by atoms with Gasteiger partial charge in [0.05, 0.1) is 5.92 Å². The second-order valence-electron chi connectivity index (χ2n) is 5.82. The molecule has 2 heterocycles. The maximum Gasteiger partial charge on any atom is 0.253 e. The molecule has 0 aliphatic carbocycles. The summed E-state index contributed by atoms with van der Waals surface area (Å²) in [4.78, 5) is 18.8. The average molecular weight is 299 g/mol. The van der Waals surface area contributed by atoms with Gasteiger partial charge in [0, 0.05) is 18.7 Å². The lowest BCUT2D eigenvalue weighted by Crippen LogP contribution is -2.39. The summed E-state index contributed by atoms with van der Waals surface area (Å²) >= 11 is 0. The van der Waals surface area contributed by atoms with E-state index in [2.05, 4.69) is 17.1 Å². The number of amides is 1.